The molecule has 0 aromatic carbocycles. The fourth-order valence-electron chi connectivity index (χ4n) is 7.24. The van der Waals surface area contributed by atoms with Crippen LogP contribution < -0.4 is 10.7 Å². The number of aliphatic hydroxyl groups excluding tert-OH is 1. The second-order valence-electron chi connectivity index (χ2n) is 11.0. The molecule has 194 valence electrons. The Morgan fingerprint density at radius 3 is 2.47 bits per heavy atom. The van der Waals surface area contributed by atoms with Gasteiger partial charge in [-0.3, -0.25) is 15.0 Å². The SMILES string of the molecule is CN(C(=O)C1CC(O)C1)[C@@H](C1CCC(N2CCCC3C2CNC2CC(Cl)NN23)CC1)C(F)(F)F. The van der Waals surface area contributed by atoms with Crippen molar-refractivity contribution in [3.05, 3.63) is 0 Å². The first-order valence-corrected chi connectivity index (χ1v) is 13.3. The van der Waals surface area contributed by atoms with Crippen molar-refractivity contribution in [3.63, 3.8) is 0 Å². The minimum Gasteiger partial charge on any atom is -0.393 e. The Labute approximate surface area is 204 Å². The summed E-state index contributed by atoms with van der Waals surface area (Å²) in [6, 6.07) is -0.785. The summed E-state index contributed by atoms with van der Waals surface area (Å²) in [7, 11) is 1.30. The summed E-state index contributed by atoms with van der Waals surface area (Å²) in [4.78, 5) is 16.1. The number of hydrogen-bond acceptors (Lipinski definition) is 6. The zero-order valence-corrected chi connectivity index (χ0v) is 20.4. The maximum absolute atomic E-state index is 14.1. The lowest BCUT2D eigenvalue weighted by molar-refractivity contribution is -0.204. The molecule has 0 bridgehead atoms. The highest BCUT2D eigenvalue weighted by molar-refractivity contribution is 6.20. The largest absolute Gasteiger partial charge is 0.409 e. The average molecular weight is 508 g/mol. The van der Waals surface area contributed by atoms with E-state index in [2.05, 4.69) is 20.7 Å². The fourth-order valence-corrected chi connectivity index (χ4v) is 7.52. The zero-order chi connectivity index (χ0) is 24.2. The van der Waals surface area contributed by atoms with Crippen LogP contribution in [0.2, 0.25) is 0 Å². The topological polar surface area (TPSA) is 71.1 Å². The lowest BCUT2D eigenvalue weighted by atomic mass is 9.77. The number of hydrogen-bond donors (Lipinski definition) is 3. The minimum atomic E-state index is -4.46. The predicted octanol–water partition coefficient (Wildman–Crippen LogP) is 2.24. The van der Waals surface area contributed by atoms with Crippen molar-refractivity contribution in [3.8, 4) is 0 Å². The van der Waals surface area contributed by atoms with E-state index < -0.39 is 36.1 Å². The van der Waals surface area contributed by atoms with Crippen LogP contribution in [0.1, 0.15) is 57.8 Å². The summed E-state index contributed by atoms with van der Waals surface area (Å²) in [5.74, 6) is -1.55. The van der Waals surface area contributed by atoms with Crippen molar-refractivity contribution in [2.45, 2.75) is 106 Å². The van der Waals surface area contributed by atoms with Gasteiger partial charge >= 0.3 is 6.18 Å². The van der Waals surface area contributed by atoms with E-state index in [-0.39, 0.29) is 30.6 Å². The van der Waals surface area contributed by atoms with Crippen LogP contribution in [0, 0.1) is 11.8 Å². The summed E-state index contributed by atoms with van der Waals surface area (Å²) >= 11 is 6.33. The van der Waals surface area contributed by atoms with E-state index in [4.69, 9.17) is 11.6 Å². The highest BCUT2D eigenvalue weighted by Gasteiger charge is 2.52. The van der Waals surface area contributed by atoms with Crippen molar-refractivity contribution < 1.29 is 23.1 Å². The number of alkyl halides is 4. The molecule has 2 aliphatic carbocycles. The molecule has 0 radical (unpaired) electrons. The molecule has 34 heavy (non-hydrogen) atoms. The lowest BCUT2D eigenvalue weighted by Crippen LogP contribution is -2.70. The van der Waals surface area contributed by atoms with Crippen LogP contribution >= 0.6 is 11.6 Å². The number of halogens is 4. The molecule has 0 spiro atoms. The van der Waals surface area contributed by atoms with Gasteiger partial charge in [0.05, 0.1) is 17.8 Å². The molecule has 3 heterocycles. The lowest BCUT2D eigenvalue weighted by Gasteiger charge is -2.53. The van der Waals surface area contributed by atoms with Gasteiger partial charge in [0.15, 0.2) is 0 Å². The number of likely N-dealkylation sites (tertiary alicyclic amines) is 1. The standard InChI is InChI=1S/C23H37ClF3N5O2/c1-30(22(34)14-9-16(33)10-14)21(23(25,26)27)13-4-6-15(7-5-13)31-8-2-3-17-18(31)12-28-20-11-19(24)29-32(17)20/h13-21,28-29,33H,2-12H2,1H3/t13?,14?,15?,16?,17?,18?,19?,20?,21-/m0/s1. The molecule has 1 amide bonds. The van der Waals surface area contributed by atoms with Crippen molar-refractivity contribution in [2.24, 2.45) is 11.8 Å². The zero-order valence-electron chi connectivity index (χ0n) is 19.7. The van der Waals surface area contributed by atoms with Gasteiger partial charge in [-0.2, -0.15) is 13.2 Å². The molecular formula is C23H37ClF3N5O2. The van der Waals surface area contributed by atoms with Gasteiger partial charge in [-0.25, -0.2) is 10.4 Å². The molecule has 5 rings (SSSR count). The van der Waals surface area contributed by atoms with Gasteiger partial charge in [0.2, 0.25) is 5.91 Å². The third-order valence-corrected chi connectivity index (χ3v) is 9.26. The monoisotopic (exact) mass is 507 g/mol. The molecule has 5 fully saturated rings. The first-order valence-electron chi connectivity index (χ1n) is 12.8. The molecule has 3 saturated heterocycles. The molecule has 7 nitrogen and oxygen atoms in total. The van der Waals surface area contributed by atoms with Crippen LogP contribution in [-0.2, 0) is 4.79 Å². The van der Waals surface area contributed by atoms with Crippen LogP contribution in [0.25, 0.3) is 0 Å². The molecule has 0 aromatic heterocycles. The first-order chi connectivity index (χ1) is 16.1. The highest BCUT2D eigenvalue weighted by atomic mass is 35.5. The summed E-state index contributed by atoms with van der Waals surface area (Å²) in [5, 5.41) is 15.4. The molecule has 3 N–H and O–H groups in total. The Morgan fingerprint density at radius 2 is 1.82 bits per heavy atom. The number of nitrogens with one attached hydrogen (secondary N) is 2. The van der Waals surface area contributed by atoms with E-state index in [1.807, 2.05) is 0 Å². The van der Waals surface area contributed by atoms with Gasteiger partial charge in [0.1, 0.15) is 6.04 Å². The number of aliphatic hydroxyl groups is 1. The van der Waals surface area contributed by atoms with Gasteiger partial charge in [-0.15, -0.1) is 11.6 Å². The van der Waals surface area contributed by atoms with Crippen LogP contribution in [0.4, 0.5) is 13.2 Å². The minimum absolute atomic E-state index is 0.0655. The van der Waals surface area contributed by atoms with Crippen LogP contribution in [0.15, 0.2) is 0 Å². The summed E-state index contributed by atoms with van der Waals surface area (Å²) in [5.41, 5.74) is 3.33. The average Bonchev–Trinajstić information content (AvgIpc) is 3.16. The van der Waals surface area contributed by atoms with Gasteiger partial charge in [-0.05, 0) is 63.8 Å². The van der Waals surface area contributed by atoms with Crippen LogP contribution in [0.3, 0.4) is 0 Å². The Morgan fingerprint density at radius 1 is 1.12 bits per heavy atom. The molecule has 3 aliphatic heterocycles. The smallest absolute Gasteiger partial charge is 0.393 e. The van der Waals surface area contributed by atoms with Gasteiger partial charge < -0.3 is 10.0 Å². The number of carbonyl (C=O) groups excluding carboxylic acids is 1. The van der Waals surface area contributed by atoms with E-state index >= 15 is 0 Å². The summed E-state index contributed by atoms with van der Waals surface area (Å²) in [6.45, 7) is 1.86. The molecule has 4 unspecified atom stereocenters. The van der Waals surface area contributed by atoms with E-state index in [0.717, 1.165) is 50.1 Å². The Kier molecular flexibility index (Phi) is 7.11. The fraction of sp³-hybridized carbons (Fsp3) is 0.957. The highest BCUT2D eigenvalue weighted by Crippen LogP contribution is 2.42. The van der Waals surface area contributed by atoms with E-state index in [1.54, 1.807) is 0 Å². The molecular weight excluding hydrogens is 471 g/mol. The van der Waals surface area contributed by atoms with Crippen LogP contribution in [-0.4, -0.2) is 94.1 Å². The number of piperidine rings is 1. The van der Waals surface area contributed by atoms with Gasteiger partial charge in [-0.1, -0.05) is 0 Å². The number of rotatable bonds is 4. The van der Waals surface area contributed by atoms with E-state index in [0.29, 0.717) is 24.9 Å². The van der Waals surface area contributed by atoms with E-state index in [9.17, 15) is 23.1 Å². The number of carbonyl (C=O) groups is 1. The molecule has 5 atom stereocenters. The van der Waals surface area contributed by atoms with Gasteiger partial charge in [0, 0.05) is 44.1 Å². The summed E-state index contributed by atoms with van der Waals surface area (Å²) < 4.78 is 42.4. The third kappa shape index (κ3) is 4.70. The Hall–Kier alpha value is -0.650. The number of hydrazine groups is 1. The second kappa shape index (κ2) is 9.67. The molecule has 2 saturated carbocycles. The maximum atomic E-state index is 14.1. The predicted molar refractivity (Wildman–Crippen MR) is 122 cm³/mol. The van der Waals surface area contributed by atoms with Crippen molar-refractivity contribution in [1.29, 1.82) is 0 Å². The first kappa shape index (κ1) is 25.0. The number of nitrogens with zero attached hydrogens (tertiary/aromatic N) is 3. The Balaban J connectivity index is 1.22. The normalized spacial score (nSPS) is 42.4. The number of amides is 1. The van der Waals surface area contributed by atoms with Gasteiger partial charge in [0.25, 0.3) is 0 Å². The van der Waals surface area contributed by atoms with Crippen molar-refractivity contribution >= 4 is 17.5 Å². The third-order valence-electron chi connectivity index (χ3n) is 8.98. The second-order valence-corrected chi connectivity index (χ2v) is 11.5. The number of fused-ring (bicyclic) bond motifs is 3. The summed E-state index contributed by atoms with van der Waals surface area (Å²) in [6.07, 6.45) is 1.18. The Bertz CT molecular complexity index is 747. The quantitative estimate of drug-likeness (QED) is 0.400. The molecule has 11 heteroatoms. The molecule has 0 aromatic rings. The van der Waals surface area contributed by atoms with Crippen molar-refractivity contribution in [2.75, 3.05) is 20.1 Å². The molecule has 5 aliphatic rings. The van der Waals surface area contributed by atoms with Crippen molar-refractivity contribution in [1.82, 2.24) is 25.6 Å². The van der Waals surface area contributed by atoms with E-state index in [1.165, 1.54) is 7.05 Å². The van der Waals surface area contributed by atoms with Crippen LogP contribution in [0.5, 0.6) is 0 Å². The maximum Gasteiger partial charge on any atom is 0.409 e.